The van der Waals surface area contributed by atoms with Gasteiger partial charge in [0.1, 0.15) is 23.4 Å². The first-order chi connectivity index (χ1) is 15.2. The molecule has 0 aliphatic carbocycles. The molecular weight excluding hydrogens is 414 g/mol. The Balaban J connectivity index is 1.78. The Hall–Kier alpha value is -3.36. The average molecular weight is 444 g/mol. The highest BCUT2D eigenvalue weighted by Crippen LogP contribution is 2.25. The van der Waals surface area contributed by atoms with Crippen molar-refractivity contribution in [2.24, 2.45) is 11.7 Å². The summed E-state index contributed by atoms with van der Waals surface area (Å²) in [6, 6.07) is 4.89. The molecule has 3 amide bonds. The van der Waals surface area contributed by atoms with Crippen LogP contribution in [0.25, 0.3) is 11.0 Å². The normalized spacial score (nSPS) is 16.9. The summed E-state index contributed by atoms with van der Waals surface area (Å²) in [5.41, 5.74) is 5.71. The molecule has 1 fully saturated rings. The highest BCUT2D eigenvalue weighted by molar-refractivity contribution is 5.93. The maximum Gasteiger partial charge on any atom is 0.336 e. The van der Waals surface area contributed by atoms with Gasteiger partial charge < -0.3 is 25.1 Å². The lowest BCUT2D eigenvalue weighted by Gasteiger charge is -2.26. The van der Waals surface area contributed by atoms with Gasteiger partial charge in [0, 0.05) is 24.1 Å². The fourth-order valence-corrected chi connectivity index (χ4v) is 4.07. The number of carbonyl (C=O) groups excluding carboxylic acids is 3. The second-order valence-corrected chi connectivity index (χ2v) is 8.47. The van der Waals surface area contributed by atoms with Crippen molar-refractivity contribution < 1.29 is 23.5 Å². The van der Waals surface area contributed by atoms with E-state index in [9.17, 15) is 19.2 Å². The number of ether oxygens (including phenoxy) is 1. The van der Waals surface area contributed by atoms with Gasteiger partial charge in [0.25, 0.3) is 0 Å². The minimum atomic E-state index is -0.780. The molecule has 0 unspecified atom stereocenters. The van der Waals surface area contributed by atoms with Crippen LogP contribution < -0.4 is 21.4 Å². The van der Waals surface area contributed by atoms with Gasteiger partial charge in [-0.05, 0) is 42.9 Å². The quantitative estimate of drug-likeness (QED) is 0.592. The van der Waals surface area contributed by atoms with Crippen molar-refractivity contribution in [3.8, 4) is 5.75 Å². The van der Waals surface area contributed by atoms with Crippen LogP contribution in [0.15, 0.2) is 33.5 Å². The Morgan fingerprint density at radius 3 is 2.69 bits per heavy atom. The molecule has 1 aromatic carbocycles. The molecule has 0 spiro atoms. The van der Waals surface area contributed by atoms with Crippen molar-refractivity contribution >= 4 is 28.7 Å². The smallest absolute Gasteiger partial charge is 0.336 e. The van der Waals surface area contributed by atoms with Gasteiger partial charge in [0.2, 0.25) is 17.7 Å². The number of primary amides is 1. The number of nitrogens with zero attached hydrogens (tertiary/aromatic N) is 1. The molecule has 172 valence electrons. The topological polar surface area (TPSA) is 132 Å². The third-order valence-electron chi connectivity index (χ3n) is 5.62. The molecule has 1 aromatic heterocycles. The predicted molar refractivity (Wildman–Crippen MR) is 118 cm³/mol. The standard InChI is InChI=1S/C23H29N3O6/c1-13(2)9-17(22(24)29)25-23(30)18-5-4-8-26(18)20(27)10-14-11-21(28)32-19-12-15(31-3)6-7-16(14)19/h6-7,11-13,17-18H,4-5,8-10H2,1-3H3,(H2,24,29)(H,25,30)/t17-,18-/m0/s1. The summed E-state index contributed by atoms with van der Waals surface area (Å²) >= 11 is 0. The molecule has 9 nitrogen and oxygen atoms in total. The monoisotopic (exact) mass is 443 g/mol. The first kappa shape index (κ1) is 23.3. The van der Waals surface area contributed by atoms with E-state index in [4.69, 9.17) is 14.9 Å². The summed E-state index contributed by atoms with van der Waals surface area (Å²) in [5, 5.41) is 3.33. The molecule has 3 rings (SSSR count). The third-order valence-corrected chi connectivity index (χ3v) is 5.62. The van der Waals surface area contributed by atoms with Crippen molar-refractivity contribution in [3.63, 3.8) is 0 Å². The van der Waals surface area contributed by atoms with Gasteiger partial charge in [0.15, 0.2) is 0 Å². The number of carbonyl (C=O) groups is 3. The van der Waals surface area contributed by atoms with Gasteiger partial charge in [-0.1, -0.05) is 13.8 Å². The molecule has 0 radical (unpaired) electrons. The number of hydrogen-bond acceptors (Lipinski definition) is 6. The molecule has 2 aromatic rings. The number of amides is 3. The molecule has 1 saturated heterocycles. The zero-order valence-electron chi connectivity index (χ0n) is 18.6. The van der Waals surface area contributed by atoms with Crippen LogP contribution in [0.4, 0.5) is 0 Å². The van der Waals surface area contributed by atoms with Crippen molar-refractivity contribution in [2.75, 3.05) is 13.7 Å². The molecule has 1 aliphatic heterocycles. The molecule has 1 aliphatic rings. The van der Waals surface area contributed by atoms with Gasteiger partial charge in [-0.25, -0.2) is 4.79 Å². The molecule has 32 heavy (non-hydrogen) atoms. The van der Waals surface area contributed by atoms with E-state index in [1.165, 1.54) is 18.1 Å². The Bertz CT molecular complexity index is 1080. The number of benzene rings is 1. The molecule has 3 N–H and O–H groups in total. The van der Waals surface area contributed by atoms with E-state index in [0.717, 1.165) is 0 Å². The van der Waals surface area contributed by atoms with E-state index in [2.05, 4.69) is 5.32 Å². The molecule has 2 atom stereocenters. The second kappa shape index (κ2) is 9.84. The van der Waals surface area contributed by atoms with Crippen LogP contribution in [0.5, 0.6) is 5.75 Å². The number of nitrogens with one attached hydrogen (secondary N) is 1. The number of rotatable bonds is 8. The summed E-state index contributed by atoms with van der Waals surface area (Å²) in [6.07, 6.45) is 1.55. The van der Waals surface area contributed by atoms with Crippen molar-refractivity contribution in [3.05, 3.63) is 40.2 Å². The van der Waals surface area contributed by atoms with Crippen LogP contribution in [0, 0.1) is 5.92 Å². The summed E-state index contributed by atoms with van der Waals surface area (Å²) < 4.78 is 10.4. The van der Waals surface area contributed by atoms with Gasteiger partial charge in [0.05, 0.1) is 13.5 Å². The number of methoxy groups -OCH3 is 1. The number of likely N-dealkylation sites (tertiary alicyclic amines) is 1. The Labute approximate surface area is 185 Å². The molecular formula is C23H29N3O6. The van der Waals surface area contributed by atoms with Crippen LogP contribution in [0.2, 0.25) is 0 Å². The Kier molecular flexibility index (Phi) is 7.17. The van der Waals surface area contributed by atoms with E-state index in [1.807, 2.05) is 13.8 Å². The van der Waals surface area contributed by atoms with Crippen molar-refractivity contribution in [1.82, 2.24) is 10.2 Å². The minimum absolute atomic E-state index is 0.0521. The predicted octanol–water partition coefficient (Wildman–Crippen LogP) is 1.35. The minimum Gasteiger partial charge on any atom is -0.497 e. The number of nitrogens with two attached hydrogens (primary N) is 1. The summed E-state index contributed by atoms with van der Waals surface area (Å²) in [7, 11) is 1.51. The van der Waals surface area contributed by atoms with Crippen LogP contribution in [-0.2, 0) is 20.8 Å². The SMILES string of the molecule is COc1ccc2c(CC(=O)N3CCC[C@H]3C(=O)N[C@@H](CC(C)C)C(N)=O)cc(=O)oc2c1. The van der Waals surface area contributed by atoms with Crippen molar-refractivity contribution in [2.45, 2.75) is 51.6 Å². The average Bonchev–Trinajstić information content (AvgIpc) is 3.22. The zero-order chi connectivity index (χ0) is 23.4. The van der Waals surface area contributed by atoms with E-state index in [1.54, 1.807) is 18.2 Å². The summed E-state index contributed by atoms with van der Waals surface area (Å²) in [4.78, 5) is 51.2. The fourth-order valence-electron chi connectivity index (χ4n) is 4.07. The lowest BCUT2D eigenvalue weighted by molar-refractivity contribution is -0.139. The van der Waals surface area contributed by atoms with Gasteiger partial charge in [-0.15, -0.1) is 0 Å². The maximum absolute atomic E-state index is 13.1. The third kappa shape index (κ3) is 5.27. The highest BCUT2D eigenvalue weighted by Gasteiger charge is 2.35. The van der Waals surface area contributed by atoms with Crippen LogP contribution in [-0.4, -0.2) is 48.4 Å². The largest absolute Gasteiger partial charge is 0.497 e. The lowest BCUT2D eigenvalue weighted by atomic mass is 10.0. The highest BCUT2D eigenvalue weighted by atomic mass is 16.5. The van der Waals surface area contributed by atoms with Crippen molar-refractivity contribution in [1.29, 1.82) is 0 Å². The fraction of sp³-hybridized carbons (Fsp3) is 0.478. The van der Waals surface area contributed by atoms with Crippen LogP contribution >= 0.6 is 0 Å². The first-order valence-electron chi connectivity index (χ1n) is 10.7. The van der Waals surface area contributed by atoms with Crippen LogP contribution in [0.1, 0.15) is 38.7 Å². The number of hydrogen-bond donors (Lipinski definition) is 2. The van der Waals surface area contributed by atoms with E-state index >= 15 is 0 Å². The molecule has 0 saturated carbocycles. The van der Waals surface area contributed by atoms with E-state index in [0.29, 0.717) is 48.1 Å². The number of fused-ring (bicyclic) bond motifs is 1. The molecule has 2 heterocycles. The molecule has 9 heteroatoms. The van der Waals surface area contributed by atoms with Gasteiger partial charge >= 0.3 is 5.63 Å². The second-order valence-electron chi connectivity index (χ2n) is 8.47. The molecule has 0 bridgehead atoms. The van der Waals surface area contributed by atoms with Crippen LogP contribution in [0.3, 0.4) is 0 Å². The Morgan fingerprint density at radius 2 is 2.03 bits per heavy atom. The maximum atomic E-state index is 13.1. The van der Waals surface area contributed by atoms with Gasteiger partial charge in [-0.2, -0.15) is 0 Å². The van der Waals surface area contributed by atoms with Gasteiger partial charge in [-0.3, -0.25) is 14.4 Å². The zero-order valence-corrected chi connectivity index (χ0v) is 18.6. The van der Waals surface area contributed by atoms with E-state index in [-0.39, 0.29) is 24.2 Å². The summed E-state index contributed by atoms with van der Waals surface area (Å²) in [5.74, 6) is -0.551. The summed E-state index contributed by atoms with van der Waals surface area (Å²) in [6.45, 7) is 4.29. The lowest BCUT2D eigenvalue weighted by Crippen LogP contribution is -2.52. The van der Waals surface area contributed by atoms with E-state index < -0.39 is 23.6 Å². The Morgan fingerprint density at radius 1 is 1.28 bits per heavy atom. The first-order valence-corrected chi connectivity index (χ1v) is 10.7.